The van der Waals surface area contributed by atoms with E-state index in [-0.39, 0.29) is 30.0 Å². The van der Waals surface area contributed by atoms with Gasteiger partial charge >= 0.3 is 6.03 Å². The number of carbonyl (C=O) groups excluding carboxylic acids is 2. The quantitative estimate of drug-likeness (QED) is 0.786. The lowest BCUT2D eigenvalue weighted by Gasteiger charge is -2.34. The molecule has 0 unspecified atom stereocenters. The highest BCUT2D eigenvalue weighted by Crippen LogP contribution is 2.21. The molecule has 2 fully saturated rings. The fraction of sp³-hybridized carbons (Fsp3) is 0.579. The van der Waals surface area contributed by atoms with Gasteiger partial charge in [-0.1, -0.05) is 18.2 Å². The normalized spacial score (nSPS) is 26.8. The lowest BCUT2D eigenvalue weighted by Crippen LogP contribution is -2.49. The van der Waals surface area contributed by atoms with E-state index >= 15 is 0 Å². The summed E-state index contributed by atoms with van der Waals surface area (Å²) in [5.41, 5.74) is 0.764. The molecule has 0 radical (unpaired) electrons. The number of nitrogens with zero attached hydrogens (tertiary/aromatic N) is 1. The predicted molar refractivity (Wildman–Crippen MR) is 96.2 cm³/mol. The van der Waals surface area contributed by atoms with Gasteiger partial charge in [-0.05, 0) is 50.7 Å². The van der Waals surface area contributed by atoms with Crippen molar-refractivity contribution in [2.75, 3.05) is 18.4 Å². The largest absolute Gasteiger partial charge is 0.393 e. The SMILES string of the molecule is O=C(NC1CCC(O)CC1)[C@H]1CCCN(C(=O)Nc2ccccc2)C1. The summed E-state index contributed by atoms with van der Waals surface area (Å²) in [5.74, 6) is -0.110. The van der Waals surface area contributed by atoms with E-state index in [1.807, 2.05) is 30.3 Å². The third-order valence-electron chi connectivity index (χ3n) is 5.15. The van der Waals surface area contributed by atoms with Crippen LogP contribution in [0.15, 0.2) is 30.3 Å². The molecular formula is C19H27N3O3. The molecule has 0 bridgehead atoms. The Balaban J connectivity index is 1.50. The summed E-state index contributed by atoms with van der Waals surface area (Å²) < 4.78 is 0. The number of aliphatic hydroxyl groups excluding tert-OH is 1. The van der Waals surface area contributed by atoms with Crippen molar-refractivity contribution in [1.29, 1.82) is 0 Å². The Labute approximate surface area is 148 Å². The maximum Gasteiger partial charge on any atom is 0.321 e. The highest BCUT2D eigenvalue weighted by Gasteiger charge is 2.30. The molecule has 0 aromatic heterocycles. The van der Waals surface area contributed by atoms with Gasteiger partial charge in [-0.15, -0.1) is 0 Å². The third-order valence-corrected chi connectivity index (χ3v) is 5.15. The number of anilines is 1. The van der Waals surface area contributed by atoms with Crippen LogP contribution in [0.5, 0.6) is 0 Å². The zero-order valence-corrected chi connectivity index (χ0v) is 14.5. The molecule has 1 saturated carbocycles. The molecule has 25 heavy (non-hydrogen) atoms. The number of amides is 3. The van der Waals surface area contributed by atoms with E-state index in [4.69, 9.17) is 0 Å². The van der Waals surface area contributed by atoms with Gasteiger partial charge in [-0.25, -0.2) is 4.79 Å². The zero-order valence-electron chi connectivity index (χ0n) is 14.5. The Morgan fingerprint density at radius 2 is 1.76 bits per heavy atom. The molecule has 1 heterocycles. The first-order chi connectivity index (χ1) is 12.1. The van der Waals surface area contributed by atoms with Crippen molar-refractivity contribution in [1.82, 2.24) is 10.2 Å². The van der Waals surface area contributed by atoms with Crippen LogP contribution in [0.2, 0.25) is 0 Å². The van der Waals surface area contributed by atoms with Crippen molar-refractivity contribution in [3.05, 3.63) is 30.3 Å². The van der Waals surface area contributed by atoms with Gasteiger partial charge in [0, 0.05) is 24.8 Å². The molecule has 1 atom stereocenters. The number of para-hydroxylation sites is 1. The summed E-state index contributed by atoms with van der Waals surface area (Å²) in [6.45, 7) is 1.14. The van der Waals surface area contributed by atoms with Gasteiger partial charge in [-0.2, -0.15) is 0 Å². The van der Waals surface area contributed by atoms with E-state index in [1.54, 1.807) is 4.90 Å². The van der Waals surface area contributed by atoms with Gasteiger partial charge in [0.2, 0.25) is 5.91 Å². The molecule has 3 N–H and O–H groups in total. The van der Waals surface area contributed by atoms with Crippen molar-refractivity contribution >= 4 is 17.6 Å². The number of hydrogen-bond donors (Lipinski definition) is 3. The van der Waals surface area contributed by atoms with Crippen LogP contribution >= 0.6 is 0 Å². The molecule has 3 amide bonds. The van der Waals surface area contributed by atoms with Crippen molar-refractivity contribution in [2.45, 2.75) is 50.7 Å². The monoisotopic (exact) mass is 345 g/mol. The summed E-state index contributed by atoms with van der Waals surface area (Å²) in [7, 11) is 0. The number of urea groups is 1. The molecule has 1 saturated heterocycles. The van der Waals surface area contributed by atoms with Gasteiger partial charge in [0.05, 0.1) is 12.0 Å². The summed E-state index contributed by atoms with van der Waals surface area (Å²) in [6.07, 6.45) is 4.60. The molecule has 136 valence electrons. The number of likely N-dealkylation sites (tertiary alicyclic amines) is 1. The molecule has 3 rings (SSSR count). The Hall–Kier alpha value is -2.08. The molecular weight excluding hydrogens is 318 g/mol. The molecule has 6 nitrogen and oxygen atoms in total. The Morgan fingerprint density at radius 1 is 1.04 bits per heavy atom. The molecule has 1 aliphatic carbocycles. The number of nitrogens with one attached hydrogen (secondary N) is 2. The maximum atomic E-state index is 12.5. The van der Waals surface area contributed by atoms with E-state index < -0.39 is 0 Å². The second kappa shape index (κ2) is 8.34. The molecule has 1 aromatic rings. The zero-order chi connectivity index (χ0) is 17.6. The molecule has 1 aliphatic heterocycles. The topological polar surface area (TPSA) is 81.7 Å². The third kappa shape index (κ3) is 4.95. The molecule has 1 aromatic carbocycles. The smallest absolute Gasteiger partial charge is 0.321 e. The number of aliphatic hydroxyl groups is 1. The number of carbonyl (C=O) groups is 2. The average molecular weight is 345 g/mol. The lowest BCUT2D eigenvalue weighted by atomic mass is 9.91. The van der Waals surface area contributed by atoms with Crippen LogP contribution in [0.25, 0.3) is 0 Å². The van der Waals surface area contributed by atoms with Crippen LogP contribution in [-0.2, 0) is 4.79 Å². The van der Waals surface area contributed by atoms with Gasteiger partial charge < -0.3 is 20.6 Å². The van der Waals surface area contributed by atoms with Gasteiger partial charge in [0.15, 0.2) is 0 Å². The summed E-state index contributed by atoms with van der Waals surface area (Å²) in [5, 5.41) is 15.6. The first-order valence-corrected chi connectivity index (χ1v) is 9.21. The second-order valence-corrected chi connectivity index (χ2v) is 7.10. The first kappa shape index (κ1) is 17.7. The maximum absolute atomic E-state index is 12.5. The number of hydrogen-bond acceptors (Lipinski definition) is 3. The fourth-order valence-corrected chi connectivity index (χ4v) is 3.64. The van der Waals surface area contributed by atoms with E-state index in [0.29, 0.717) is 13.1 Å². The lowest BCUT2D eigenvalue weighted by molar-refractivity contribution is -0.127. The highest BCUT2D eigenvalue weighted by atomic mass is 16.3. The van der Waals surface area contributed by atoms with Gasteiger partial charge in [0.1, 0.15) is 0 Å². The summed E-state index contributed by atoms with van der Waals surface area (Å²) in [4.78, 5) is 26.7. The van der Waals surface area contributed by atoms with Crippen molar-refractivity contribution in [2.24, 2.45) is 5.92 Å². The van der Waals surface area contributed by atoms with Crippen LogP contribution in [0, 0.1) is 5.92 Å². The predicted octanol–water partition coefficient (Wildman–Crippen LogP) is 2.35. The van der Waals surface area contributed by atoms with Gasteiger partial charge in [-0.3, -0.25) is 4.79 Å². The Kier molecular flexibility index (Phi) is 5.91. The summed E-state index contributed by atoms with van der Waals surface area (Å²) >= 11 is 0. The molecule has 2 aliphatic rings. The number of benzene rings is 1. The van der Waals surface area contributed by atoms with Crippen molar-refractivity contribution < 1.29 is 14.7 Å². The van der Waals surface area contributed by atoms with E-state index in [9.17, 15) is 14.7 Å². The van der Waals surface area contributed by atoms with Crippen molar-refractivity contribution in [3.8, 4) is 0 Å². The highest BCUT2D eigenvalue weighted by molar-refractivity contribution is 5.90. The van der Waals surface area contributed by atoms with E-state index in [0.717, 1.165) is 44.2 Å². The second-order valence-electron chi connectivity index (χ2n) is 7.10. The Bertz CT molecular complexity index is 585. The first-order valence-electron chi connectivity index (χ1n) is 9.21. The molecule has 0 spiro atoms. The van der Waals surface area contributed by atoms with Crippen molar-refractivity contribution in [3.63, 3.8) is 0 Å². The molecule has 6 heteroatoms. The average Bonchev–Trinajstić information content (AvgIpc) is 2.64. The number of rotatable bonds is 3. The Morgan fingerprint density at radius 3 is 2.48 bits per heavy atom. The van der Waals surface area contributed by atoms with Crippen LogP contribution in [0.3, 0.4) is 0 Å². The van der Waals surface area contributed by atoms with Crippen LogP contribution < -0.4 is 10.6 Å². The fourth-order valence-electron chi connectivity index (χ4n) is 3.64. The minimum Gasteiger partial charge on any atom is -0.393 e. The minimum atomic E-state index is -0.222. The summed E-state index contributed by atoms with van der Waals surface area (Å²) in [6, 6.07) is 9.37. The number of piperidine rings is 1. The van der Waals surface area contributed by atoms with Crippen LogP contribution in [0.4, 0.5) is 10.5 Å². The minimum absolute atomic E-state index is 0.0404. The van der Waals surface area contributed by atoms with Crippen LogP contribution in [0.1, 0.15) is 38.5 Å². The van der Waals surface area contributed by atoms with E-state index in [2.05, 4.69) is 10.6 Å². The standard InChI is InChI=1S/C19H27N3O3/c23-17-10-8-16(9-11-17)20-18(24)14-5-4-12-22(13-14)19(25)21-15-6-2-1-3-7-15/h1-3,6-7,14,16-17,23H,4-5,8-13H2,(H,20,24)(H,21,25)/t14-,16?,17?/m0/s1. The van der Waals surface area contributed by atoms with Crippen LogP contribution in [-0.4, -0.2) is 47.2 Å². The van der Waals surface area contributed by atoms with Gasteiger partial charge in [0.25, 0.3) is 0 Å². The van der Waals surface area contributed by atoms with E-state index in [1.165, 1.54) is 0 Å².